The van der Waals surface area contributed by atoms with Gasteiger partial charge in [0, 0.05) is 16.4 Å². The van der Waals surface area contributed by atoms with E-state index in [2.05, 4.69) is 6.07 Å². The third-order valence-corrected chi connectivity index (χ3v) is 2.83. The van der Waals surface area contributed by atoms with Gasteiger partial charge in [0.1, 0.15) is 6.07 Å². The molecule has 0 saturated heterocycles. The van der Waals surface area contributed by atoms with Crippen LogP contribution in [0.2, 0.25) is 5.02 Å². The highest BCUT2D eigenvalue weighted by Gasteiger charge is 2.09. The summed E-state index contributed by atoms with van der Waals surface area (Å²) in [7, 11) is 0. The Morgan fingerprint density at radius 3 is 2.31 bits per heavy atom. The Bertz CT molecular complexity index is 557. The largest absolute Gasteiger partial charge is 0.317 e. The Morgan fingerprint density at radius 1 is 1.12 bits per heavy atom. The number of rotatable bonds is 1. The summed E-state index contributed by atoms with van der Waals surface area (Å²) in [5.41, 5.74) is 3.66. The second-order valence-corrected chi connectivity index (χ2v) is 4.16. The Kier molecular flexibility index (Phi) is 2.72. The van der Waals surface area contributed by atoms with Crippen LogP contribution >= 0.6 is 11.6 Å². The molecule has 2 aromatic rings. The molecule has 16 heavy (non-hydrogen) atoms. The molecule has 1 aromatic heterocycles. The molecule has 2 rings (SSSR count). The van der Waals surface area contributed by atoms with Crippen molar-refractivity contribution in [1.82, 2.24) is 4.57 Å². The van der Waals surface area contributed by atoms with Gasteiger partial charge in [-0.3, -0.25) is 0 Å². The summed E-state index contributed by atoms with van der Waals surface area (Å²) in [6.45, 7) is 4.02. The topological polar surface area (TPSA) is 28.7 Å². The third kappa shape index (κ3) is 1.70. The van der Waals surface area contributed by atoms with Gasteiger partial charge in [-0.2, -0.15) is 5.26 Å². The first-order chi connectivity index (χ1) is 7.63. The quantitative estimate of drug-likeness (QED) is 0.736. The van der Waals surface area contributed by atoms with Gasteiger partial charge in [0.05, 0.1) is 11.3 Å². The fraction of sp³-hybridized carbons (Fsp3) is 0.154. The molecule has 0 aliphatic rings. The Balaban J connectivity index is 2.73. The van der Waals surface area contributed by atoms with Gasteiger partial charge in [-0.1, -0.05) is 11.6 Å². The van der Waals surface area contributed by atoms with Crippen LogP contribution in [0.15, 0.2) is 30.3 Å². The summed E-state index contributed by atoms with van der Waals surface area (Å²) in [5.74, 6) is 0. The first kappa shape index (κ1) is 10.8. The second-order valence-electron chi connectivity index (χ2n) is 3.72. The van der Waals surface area contributed by atoms with Crippen molar-refractivity contribution in [2.75, 3.05) is 0 Å². The molecule has 1 aromatic carbocycles. The highest BCUT2D eigenvalue weighted by molar-refractivity contribution is 6.30. The molecule has 0 radical (unpaired) electrons. The Morgan fingerprint density at radius 2 is 1.75 bits per heavy atom. The first-order valence-corrected chi connectivity index (χ1v) is 5.36. The average Bonchev–Trinajstić information content (AvgIpc) is 2.58. The maximum absolute atomic E-state index is 9.08. The lowest BCUT2D eigenvalue weighted by Gasteiger charge is -2.11. The number of nitrogens with zero attached hydrogens (tertiary/aromatic N) is 2. The molecule has 0 fully saturated rings. The Labute approximate surface area is 99.7 Å². The number of aryl methyl sites for hydroxylation is 2. The molecule has 80 valence electrons. The number of hydrogen-bond acceptors (Lipinski definition) is 1. The van der Waals surface area contributed by atoms with Crippen LogP contribution in [-0.4, -0.2) is 4.57 Å². The molecule has 0 saturated carbocycles. The lowest BCUT2D eigenvalue weighted by atomic mass is 10.2. The summed E-state index contributed by atoms with van der Waals surface area (Å²) in [6.07, 6.45) is 0. The van der Waals surface area contributed by atoms with E-state index < -0.39 is 0 Å². The second kappa shape index (κ2) is 4.03. The van der Waals surface area contributed by atoms with E-state index in [-0.39, 0.29) is 0 Å². The van der Waals surface area contributed by atoms with Gasteiger partial charge >= 0.3 is 0 Å². The number of halogens is 1. The fourth-order valence-corrected chi connectivity index (χ4v) is 2.00. The fourth-order valence-electron chi connectivity index (χ4n) is 1.83. The molecular weight excluding hydrogens is 220 g/mol. The van der Waals surface area contributed by atoms with Crippen LogP contribution in [0.1, 0.15) is 17.0 Å². The molecule has 0 unspecified atom stereocenters. The van der Waals surface area contributed by atoms with E-state index in [1.54, 1.807) is 12.1 Å². The average molecular weight is 231 g/mol. The smallest absolute Gasteiger partial charge is 0.101 e. The first-order valence-electron chi connectivity index (χ1n) is 4.98. The van der Waals surface area contributed by atoms with Crippen LogP contribution in [0.4, 0.5) is 0 Å². The lowest BCUT2D eigenvalue weighted by Crippen LogP contribution is -2.01. The molecule has 0 N–H and O–H groups in total. The number of nitriles is 1. The van der Waals surface area contributed by atoms with Crippen molar-refractivity contribution in [2.45, 2.75) is 13.8 Å². The minimum absolute atomic E-state index is 0.631. The lowest BCUT2D eigenvalue weighted by molar-refractivity contribution is 0.962. The number of benzene rings is 1. The van der Waals surface area contributed by atoms with Crippen molar-refractivity contribution in [3.05, 3.63) is 52.3 Å². The van der Waals surface area contributed by atoms with E-state index in [0.29, 0.717) is 10.6 Å². The predicted octanol–water partition coefficient (Wildman–Crippen LogP) is 3.62. The molecule has 0 aliphatic heterocycles. The molecule has 0 spiro atoms. The van der Waals surface area contributed by atoms with Crippen LogP contribution in [0, 0.1) is 25.2 Å². The van der Waals surface area contributed by atoms with E-state index in [0.717, 1.165) is 17.1 Å². The van der Waals surface area contributed by atoms with Crippen LogP contribution in [0.5, 0.6) is 0 Å². The van der Waals surface area contributed by atoms with E-state index in [1.165, 1.54) is 0 Å². The summed E-state index contributed by atoms with van der Waals surface area (Å²) < 4.78 is 2.03. The van der Waals surface area contributed by atoms with Gasteiger partial charge in [0.15, 0.2) is 0 Å². The van der Waals surface area contributed by atoms with Crippen LogP contribution in [0.25, 0.3) is 5.69 Å². The zero-order valence-electron chi connectivity index (χ0n) is 9.16. The van der Waals surface area contributed by atoms with E-state index in [9.17, 15) is 0 Å². The number of hydrogen-bond donors (Lipinski definition) is 0. The van der Waals surface area contributed by atoms with E-state index >= 15 is 0 Å². The van der Waals surface area contributed by atoms with Crippen molar-refractivity contribution in [3.8, 4) is 11.8 Å². The summed E-state index contributed by atoms with van der Waals surface area (Å²) >= 11 is 5.97. The molecule has 0 aliphatic carbocycles. The zero-order valence-corrected chi connectivity index (χ0v) is 9.92. The summed E-state index contributed by atoms with van der Waals surface area (Å²) in [5, 5.41) is 9.72. The van der Waals surface area contributed by atoms with Gasteiger partial charge in [-0.15, -0.1) is 0 Å². The zero-order chi connectivity index (χ0) is 11.7. The van der Waals surface area contributed by atoms with E-state index in [4.69, 9.17) is 16.9 Å². The number of aromatic nitrogens is 1. The van der Waals surface area contributed by atoms with Gasteiger partial charge in [-0.05, 0) is 44.2 Å². The monoisotopic (exact) mass is 230 g/mol. The molecule has 3 heteroatoms. The van der Waals surface area contributed by atoms with Crippen LogP contribution < -0.4 is 0 Å². The SMILES string of the molecule is Cc1ccc(C)n1-c1cc(Cl)ccc1C#N. The standard InChI is InChI=1S/C13H11ClN2/c1-9-3-4-10(2)16(9)13-7-12(14)6-5-11(13)8-15/h3-7H,1-2H3. The van der Waals surface area contributed by atoms with Crippen molar-refractivity contribution in [3.63, 3.8) is 0 Å². The molecule has 0 amide bonds. The van der Waals surface area contributed by atoms with Crippen molar-refractivity contribution >= 4 is 11.6 Å². The highest BCUT2D eigenvalue weighted by atomic mass is 35.5. The third-order valence-electron chi connectivity index (χ3n) is 2.59. The molecule has 0 bridgehead atoms. The molecule has 0 atom stereocenters. The predicted molar refractivity (Wildman–Crippen MR) is 65.0 cm³/mol. The van der Waals surface area contributed by atoms with Gasteiger partial charge in [0.25, 0.3) is 0 Å². The minimum Gasteiger partial charge on any atom is -0.317 e. The van der Waals surface area contributed by atoms with Gasteiger partial charge in [-0.25, -0.2) is 0 Å². The normalized spacial score (nSPS) is 10.1. The molecular formula is C13H11ClN2. The minimum atomic E-state index is 0.631. The van der Waals surface area contributed by atoms with E-state index in [1.807, 2.05) is 36.6 Å². The van der Waals surface area contributed by atoms with Crippen molar-refractivity contribution in [2.24, 2.45) is 0 Å². The molecule has 2 nitrogen and oxygen atoms in total. The Hall–Kier alpha value is -1.72. The van der Waals surface area contributed by atoms with Crippen LogP contribution in [0.3, 0.4) is 0 Å². The van der Waals surface area contributed by atoms with Gasteiger partial charge in [0.2, 0.25) is 0 Å². The maximum Gasteiger partial charge on any atom is 0.101 e. The van der Waals surface area contributed by atoms with Crippen molar-refractivity contribution < 1.29 is 0 Å². The van der Waals surface area contributed by atoms with Gasteiger partial charge < -0.3 is 4.57 Å². The van der Waals surface area contributed by atoms with Crippen LogP contribution in [-0.2, 0) is 0 Å². The van der Waals surface area contributed by atoms with Crippen molar-refractivity contribution in [1.29, 1.82) is 5.26 Å². The molecule has 1 heterocycles. The summed E-state index contributed by atoms with van der Waals surface area (Å²) in [4.78, 5) is 0. The maximum atomic E-state index is 9.08. The summed E-state index contributed by atoms with van der Waals surface area (Å²) in [6, 6.07) is 11.5. The highest BCUT2D eigenvalue weighted by Crippen LogP contribution is 2.23.